The average molecular weight is 287 g/mol. The van der Waals surface area contributed by atoms with Crippen molar-refractivity contribution in [1.82, 2.24) is 5.16 Å². The third-order valence-corrected chi connectivity index (χ3v) is 3.03. The number of fused-ring (bicyclic) bond motifs is 1. The van der Waals surface area contributed by atoms with Crippen LogP contribution < -0.4 is 0 Å². The highest BCUT2D eigenvalue weighted by Crippen LogP contribution is 2.25. The Hall–Kier alpha value is -2.76. The Balaban J connectivity index is 1.66. The van der Waals surface area contributed by atoms with Crippen LogP contribution in [0.3, 0.4) is 0 Å². The fourth-order valence-corrected chi connectivity index (χ4v) is 2.06. The quantitative estimate of drug-likeness (QED) is 0.742. The predicted octanol–water partition coefficient (Wildman–Crippen LogP) is 2.72. The second kappa shape index (κ2) is 5.32. The molecule has 0 aliphatic carbocycles. The number of esters is 1. The number of aryl methyl sites for hydroxylation is 1. The predicted molar refractivity (Wildman–Crippen MR) is 72.6 cm³/mol. The Bertz CT molecular complexity index is 786. The number of nitrogens with zero attached hydrogens (tertiary/aromatic N) is 1. The number of hydrogen-bond acceptors (Lipinski definition) is 6. The summed E-state index contributed by atoms with van der Waals surface area (Å²) < 4.78 is 15.3. The van der Waals surface area contributed by atoms with Crippen LogP contribution in [-0.2, 0) is 22.6 Å². The van der Waals surface area contributed by atoms with Crippen molar-refractivity contribution in [3.63, 3.8) is 0 Å². The van der Waals surface area contributed by atoms with E-state index in [1.807, 2.05) is 0 Å². The molecule has 1 aromatic carbocycles. The minimum atomic E-state index is -0.383. The molecule has 1 N–H and O–H groups in total. The molecule has 0 saturated carbocycles. The van der Waals surface area contributed by atoms with Gasteiger partial charge in [0.1, 0.15) is 29.4 Å². The average Bonchev–Trinajstić information content (AvgIpc) is 3.03. The molecule has 0 atom stereocenters. The summed E-state index contributed by atoms with van der Waals surface area (Å²) in [5.41, 5.74) is 1.82. The number of phenolic OH excluding ortho intramolecular Hbond substituents is 1. The van der Waals surface area contributed by atoms with Crippen LogP contribution in [0.15, 0.2) is 39.5 Å². The van der Waals surface area contributed by atoms with E-state index in [9.17, 15) is 9.90 Å². The number of carbonyl (C=O) groups excluding carboxylic acids is 1. The highest BCUT2D eigenvalue weighted by Gasteiger charge is 2.12. The summed E-state index contributed by atoms with van der Waals surface area (Å²) in [5, 5.41) is 13.9. The molecule has 0 radical (unpaired) electrons. The van der Waals surface area contributed by atoms with Crippen LogP contribution in [-0.4, -0.2) is 16.2 Å². The van der Waals surface area contributed by atoms with Gasteiger partial charge < -0.3 is 18.8 Å². The normalized spacial score (nSPS) is 10.9. The standard InChI is InChI=1S/C15H13NO5/c1-9-4-11(16-21-9)8-20-15(18)5-10-7-19-14-6-12(17)2-3-13(10)14/h2-4,6-7,17H,5,8H2,1H3. The Labute approximate surface area is 119 Å². The van der Waals surface area contributed by atoms with Gasteiger partial charge in [0, 0.05) is 23.1 Å². The van der Waals surface area contributed by atoms with Crippen molar-refractivity contribution in [3.05, 3.63) is 47.5 Å². The number of aromatic hydroxyl groups is 1. The van der Waals surface area contributed by atoms with E-state index in [0.29, 0.717) is 22.6 Å². The number of phenols is 1. The minimum absolute atomic E-state index is 0.0761. The smallest absolute Gasteiger partial charge is 0.310 e. The maximum absolute atomic E-state index is 11.8. The van der Waals surface area contributed by atoms with Crippen LogP contribution in [0.5, 0.6) is 5.75 Å². The summed E-state index contributed by atoms with van der Waals surface area (Å²) in [6.45, 7) is 1.85. The van der Waals surface area contributed by atoms with E-state index in [4.69, 9.17) is 13.7 Å². The Kier molecular flexibility index (Phi) is 3.35. The van der Waals surface area contributed by atoms with Gasteiger partial charge in [-0.3, -0.25) is 4.79 Å². The third kappa shape index (κ3) is 2.89. The Morgan fingerprint density at radius 2 is 2.24 bits per heavy atom. The highest BCUT2D eigenvalue weighted by atomic mass is 16.5. The summed E-state index contributed by atoms with van der Waals surface area (Å²) in [6.07, 6.45) is 1.58. The lowest BCUT2D eigenvalue weighted by atomic mass is 10.1. The number of hydrogen-bond donors (Lipinski definition) is 1. The van der Waals surface area contributed by atoms with Gasteiger partial charge in [0.25, 0.3) is 0 Å². The van der Waals surface area contributed by atoms with E-state index in [0.717, 1.165) is 5.39 Å². The molecule has 6 heteroatoms. The lowest BCUT2D eigenvalue weighted by Crippen LogP contribution is -2.07. The molecule has 2 aromatic heterocycles. The maximum atomic E-state index is 11.8. The van der Waals surface area contributed by atoms with Gasteiger partial charge in [-0.1, -0.05) is 5.16 Å². The summed E-state index contributed by atoms with van der Waals surface area (Å²) in [7, 11) is 0. The zero-order valence-corrected chi connectivity index (χ0v) is 11.3. The summed E-state index contributed by atoms with van der Waals surface area (Å²) in [5.74, 6) is 0.403. The second-order valence-corrected chi connectivity index (χ2v) is 4.71. The Morgan fingerprint density at radius 1 is 1.38 bits per heavy atom. The topological polar surface area (TPSA) is 85.7 Å². The molecule has 0 aliphatic rings. The fourth-order valence-electron chi connectivity index (χ4n) is 2.06. The fraction of sp³-hybridized carbons (Fsp3) is 0.200. The maximum Gasteiger partial charge on any atom is 0.310 e. The van der Waals surface area contributed by atoms with E-state index in [1.165, 1.54) is 12.3 Å². The van der Waals surface area contributed by atoms with Gasteiger partial charge >= 0.3 is 5.97 Å². The lowest BCUT2D eigenvalue weighted by Gasteiger charge is -2.01. The van der Waals surface area contributed by atoms with Crippen LogP contribution in [0.2, 0.25) is 0 Å². The van der Waals surface area contributed by atoms with E-state index >= 15 is 0 Å². The zero-order chi connectivity index (χ0) is 14.8. The first-order valence-electron chi connectivity index (χ1n) is 6.39. The SMILES string of the molecule is Cc1cc(COC(=O)Cc2coc3cc(O)ccc23)no1. The number of benzene rings is 1. The van der Waals surface area contributed by atoms with Gasteiger partial charge in [-0.25, -0.2) is 0 Å². The van der Waals surface area contributed by atoms with Crippen LogP contribution >= 0.6 is 0 Å². The van der Waals surface area contributed by atoms with Crippen LogP contribution in [0.1, 0.15) is 17.0 Å². The van der Waals surface area contributed by atoms with Crippen molar-refractivity contribution in [2.75, 3.05) is 0 Å². The first kappa shape index (κ1) is 13.2. The molecule has 3 aromatic rings. The third-order valence-electron chi connectivity index (χ3n) is 3.03. The van der Waals surface area contributed by atoms with Gasteiger partial charge in [-0.15, -0.1) is 0 Å². The van der Waals surface area contributed by atoms with Crippen molar-refractivity contribution in [1.29, 1.82) is 0 Å². The second-order valence-electron chi connectivity index (χ2n) is 4.71. The summed E-state index contributed by atoms with van der Waals surface area (Å²) in [4.78, 5) is 11.8. The van der Waals surface area contributed by atoms with Crippen LogP contribution in [0.25, 0.3) is 11.0 Å². The Morgan fingerprint density at radius 3 is 3.00 bits per heavy atom. The number of rotatable bonds is 4. The molecule has 0 fully saturated rings. The van der Waals surface area contributed by atoms with Gasteiger partial charge in [0.15, 0.2) is 0 Å². The molecule has 6 nitrogen and oxygen atoms in total. The molecule has 0 aliphatic heterocycles. The molecular weight excluding hydrogens is 274 g/mol. The molecule has 0 amide bonds. The van der Waals surface area contributed by atoms with Crippen molar-refractivity contribution >= 4 is 16.9 Å². The van der Waals surface area contributed by atoms with Gasteiger partial charge in [-0.2, -0.15) is 0 Å². The van der Waals surface area contributed by atoms with Gasteiger partial charge in [0.2, 0.25) is 0 Å². The van der Waals surface area contributed by atoms with Crippen molar-refractivity contribution in [2.24, 2.45) is 0 Å². The molecule has 108 valence electrons. The molecule has 0 spiro atoms. The summed E-state index contributed by atoms with van der Waals surface area (Å²) in [6, 6.07) is 6.47. The lowest BCUT2D eigenvalue weighted by molar-refractivity contribution is -0.144. The molecule has 21 heavy (non-hydrogen) atoms. The van der Waals surface area contributed by atoms with E-state index in [2.05, 4.69) is 5.16 Å². The van der Waals surface area contributed by atoms with Gasteiger partial charge in [-0.05, 0) is 19.1 Å². The van der Waals surface area contributed by atoms with Crippen molar-refractivity contribution in [3.8, 4) is 5.75 Å². The molecule has 0 saturated heterocycles. The van der Waals surface area contributed by atoms with Crippen molar-refractivity contribution < 1.29 is 23.6 Å². The first-order valence-corrected chi connectivity index (χ1v) is 6.39. The van der Waals surface area contributed by atoms with Crippen LogP contribution in [0.4, 0.5) is 0 Å². The highest BCUT2D eigenvalue weighted by molar-refractivity contribution is 5.86. The van der Waals surface area contributed by atoms with Crippen molar-refractivity contribution in [2.45, 2.75) is 20.0 Å². The number of ether oxygens (including phenoxy) is 1. The molecule has 0 unspecified atom stereocenters. The number of furan rings is 1. The zero-order valence-electron chi connectivity index (χ0n) is 11.3. The first-order chi connectivity index (χ1) is 10.1. The van der Waals surface area contributed by atoms with E-state index in [-0.39, 0.29) is 24.7 Å². The molecule has 2 heterocycles. The van der Waals surface area contributed by atoms with E-state index in [1.54, 1.807) is 25.1 Å². The largest absolute Gasteiger partial charge is 0.508 e. The van der Waals surface area contributed by atoms with Crippen LogP contribution in [0, 0.1) is 6.92 Å². The molecule has 0 bridgehead atoms. The molecular formula is C15H13NO5. The summed E-state index contributed by atoms with van der Waals surface area (Å²) >= 11 is 0. The van der Waals surface area contributed by atoms with Gasteiger partial charge in [0.05, 0.1) is 12.7 Å². The number of aromatic nitrogens is 1. The van der Waals surface area contributed by atoms with E-state index < -0.39 is 0 Å². The number of carbonyl (C=O) groups is 1. The monoisotopic (exact) mass is 287 g/mol. The minimum Gasteiger partial charge on any atom is -0.508 e. The molecule has 3 rings (SSSR count).